The molecule has 0 fully saturated rings. The molecule has 1 amide bonds. The lowest BCUT2D eigenvalue weighted by Crippen LogP contribution is -2.26. The first-order valence-corrected chi connectivity index (χ1v) is 4.81. The Balaban J connectivity index is 2.41. The highest BCUT2D eigenvalue weighted by Gasteiger charge is 2.08. The van der Waals surface area contributed by atoms with E-state index in [1.165, 1.54) is 6.20 Å². The van der Waals surface area contributed by atoms with Crippen LogP contribution in [0.3, 0.4) is 0 Å². The first kappa shape index (κ1) is 12.0. The SMILES string of the molecule is Nc1ncccc1C(=O)NCCCC(=O)O. The zero-order chi connectivity index (χ0) is 12.0. The molecule has 16 heavy (non-hydrogen) atoms. The number of carbonyl (C=O) groups is 2. The topological polar surface area (TPSA) is 105 Å². The maximum atomic E-state index is 11.5. The number of amides is 1. The fourth-order valence-electron chi connectivity index (χ4n) is 1.15. The normalized spacial score (nSPS) is 9.75. The molecule has 0 radical (unpaired) electrons. The van der Waals surface area contributed by atoms with Crippen LogP contribution in [0.2, 0.25) is 0 Å². The van der Waals surface area contributed by atoms with Gasteiger partial charge in [0.1, 0.15) is 5.82 Å². The lowest BCUT2D eigenvalue weighted by molar-refractivity contribution is -0.137. The van der Waals surface area contributed by atoms with Crippen molar-refractivity contribution in [3.63, 3.8) is 0 Å². The summed E-state index contributed by atoms with van der Waals surface area (Å²) < 4.78 is 0. The van der Waals surface area contributed by atoms with Crippen LogP contribution in [0.25, 0.3) is 0 Å². The quantitative estimate of drug-likeness (QED) is 0.621. The van der Waals surface area contributed by atoms with Crippen molar-refractivity contribution in [2.24, 2.45) is 0 Å². The molecule has 1 aromatic rings. The number of rotatable bonds is 5. The number of nitrogens with zero attached hydrogens (tertiary/aromatic N) is 1. The molecule has 0 aliphatic carbocycles. The Labute approximate surface area is 92.5 Å². The molecule has 1 heterocycles. The number of carboxylic acid groups (broad SMARTS) is 1. The zero-order valence-corrected chi connectivity index (χ0v) is 8.64. The van der Waals surface area contributed by atoms with Crippen molar-refractivity contribution < 1.29 is 14.7 Å². The highest BCUT2D eigenvalue weighted by Crippen LogP contribution is 2.05. The van der Waals surface area contributed by atoms with E-state index in [1.54, 1.807) is 12.1 Å². The first-order chi connectivity index (χ1) is 7.61. The molecular weight excluding hydrogens is 210 g/mol. The summed E-state index contributed by atoms with van der Waals surface area (Å²) in [4.78, 5) is 25.5. The first-order valence-electron chi connectivity index (χ1n) is 4.81. The van der Waals surface area contributed by atoms with Crippen LogP contribution in [0.15, 0.2) is 18.3 Å². The van der Waals surface area contributed by atoms with Crippen molar-refractivity contribution in [2.75, 3.05) is 12.3 Å². The summed E-state index contributed by atoms with van der Waals surface area (Å²) in [6.45, 7) is 0.305. The van der Waals surface area contributed by atoms with Crippen LogP contribution in [0.4, 0.5) is 5.82 Å². The molecule has 0 bridgehead atoms. The van der Waals surface area contributed by atoms with Crippen LogP contribution in [0.5, 0.6) is 0 Å². The van der Waals surface area contributed by atoms with Gasteiger partial charge < -0.3 is 16.2 Å². The van der Waals surface area contributed by atoms with Crippen LogP contribution >= 0.6 is 0 Å². The van der Waals surface area contributed by atoms with E-state index in [0.717, 1.165) is 0 Å². The van der Waals surface area contributed by atoms with Gasteiger partial charge in [0.05, 0.1) is 5.56 Å². The number of aliphatic carboxylic acids is 1. The third kappa shape index (κ3) is 3.56. The molecule has 0 spiro atoms. The van der Waals surface area contributed by atoms with Gasteiger partial charge in [-0.1, -0.05) is 0 Å². The Morgan fingerprint density at radius 3 is 2.88 bits per heavy atom. The van der Waals surface area contributed by atoms with Gasteiger partial charge in [-0.15, -0.1) is 0 Å². The van der Waals surface area contributed by atoms with Gasteiger partial charge >= 0.3 is 5.97 Å². The summed E-state index contributed by atoms with van der Waals surface area (Å²) in [5, 5.41) is 11.0. The monoisotopic (exact) mass is 223 g/mol. The minimum atomic E-state index is -0.879. The van der Waals surface area contributed by atoms with Crippen molar-refractivity contribution in [1.29, 1.82) is 0 Å². The Hall–Kier alpha value is -2.11. The summed E-state index contributed by atoms with van der Waals surface area (Å²) in [6, 6.07) is 3.18. The number of nitrogens with one attached hydrogen (secondary N) is 1. The fourth-order valence-corrected chi connectivity index (χ4v) is 1.15. The molecular formula is C10H13N3O3. The molecule has 0 saturated carbocycles. The molecule has 1 aromatic heterocycles. The standard InChI is InChI=1S/C10H13N3O3/c11-9-7(3-1-5-12-9)10(16)13-6-2-4-8(14)15/h1,3,5H,2,4,6H2,(H2,11,12)(H,13,16)(H,14,15). The number of carboxylic acids is 1. The predicted octanol–water partition coefficient (Wildman–Crippen LogP) is 0.258. The van der Waals surface area contributed by atoms with E-state index in [9.17, 15) is 9.59 Å². The Morgan fingerprint density at radius 2 is 2.25 bits per heavy atom. The number of aromatic nitrogens is 1. The van der Waals surface area contributed by atoms with Gasteiger partial charge in [0, 0.05) is 19.2 Å². The molecule has 0 atom stereocenters. The average molecular weight is 223 g/mol. The number of nitrogen functional groups attached to an aromatic ring is 1. The van der Waals surface area contributed by atoms with Crippen molar-refractivity contribution in [1.82, 2.24) is 10.3 Å². The lowest BCUT2D eigenvalue weighted by atomic mass is 10.2. The predicted molar refractivity (Wildman–Crippen MR) is 57.9 cm³/mol. The Bertz CT molecular complexity index is 393. The second-order valence-electron chi connectivity index (χ2n) is 3.19. The highest BCUT2D eigenvalue weighted by molar-refractivity contribution is 5.98. The van der Waals surface area contributed by atoms with Crippen LogP contribution < -0.4 is 11.1 Å². The molecule has 4 N–H and O–H groups in total. The molecule has 86 valence electrons. The molecule has 0 aliphatic heterocycles. The van der Waals surface area contributed by atoms with Crippen LogP contribution in [0, 0.1) is 0 Å². The van der Waals surface area contributed by atoms with Gasteiger partial charge in [-0.05, 0) is 18.6 Å². The fraction of sp³-hybridized carbons (Fsp3) is 0.300. The number of carbonyl (C=O) groups excluding carboxylic acids is 1. The van der Waals surface area contributed by atoms with E-state index in [1.807, 2.05) is 0 Å². The van der Waals surface area contributed by atoms with Gasteiger partial charge in [0.15, 0.2) is 0 Å². The molecule has 0 saturated heterocycles. The van der Waals surface area contributed by atoms with E-state index in [4.69, 9.17) is 10.8 Å². The molecule has 0 aromatic carbocycles. The smallest absolute Gasteiger partial charge is 0.303 e. The van der Waals surface area contributed by atoms with E-state index in [0.29, 0.717) is 18.5 Å². The second kappa shape index (κ2) is 5.69. The number of nitrogens with two attached hydrogens (primary N) is 1. The molecule has 1 rings (SSSR count). The minimum Gasteiger partial charge on any atom is -0.481 e. The van der Waals surface area contributed by atoms with Gasteiger partial charge in [0.25, 0.3) is 5.91 Å². The van der Waals surface area contributed by atoms with Gasteiger partial charge in [-0.2, -0.15) is 0 Å². The second-order valence-corrected chi connectivity index (χ2v) is 3.19. The van der Waals surface area contributed by atoms with E-state index in [-0.39, 0.29) is 18.1 Å². The van der Waals surface area contributed by atoms with Crippen molar-refractivity contribution >= 4 is 17.7 Å². The molecule has 6 heteroatoms. The van der Waals surface area contributed by atoms with Crippen LogP contribution in [0.1, 0.15) is 23.2 Å². The van der Waals surface area contributed by atoms with E-state index >= 15 is 0 Å². The van der Waals surface area contributed by atoms with Crippen LogP contribution in [-0.2, 0) is 4.79 Å². The minimum absolute atomic E-state index is 0.0306. The number of hydrogen-bond acceptors (Lipinski definition) is 4. The maximum absolute atomic E-state index is 11.5. The van der Waals surface area contributed by atoms with Gasteiger partial charge in [0.2, 0.25) is 0 Å². The van der Waals surface area contributed by atoms with E-state index < -0.39 is 5.97 Å². The highest BCUT2D eigenvalue weighted by atomic mass is 16.4. The van der Waals surface area contributed by atoms with Crippen molar-refractivity contribution in [3.05, 3.63) is 23.9 Å². The lowest BCUT2D eigenvalue weighted by Gasteiger charge is -2.05. The third-order valence-corrected chi connectivity index (χ3v) is 1.94. The Morgan fingerprint density at radius 1 is 1.50 bits per heavy atom. The van der Waals surface area contributed by atoms with Crippen LogP contribution in [-0.4, -0.2) is 28.5 Å². The van der Waals surface area contributed by atoms with Crippen molar-refractivity contribution in [2.45, 2.75) is 12.8 Å². The summed E-state index contributed by atoms with van der Waals surface area (Å²) in [5.74, 6) is -1.05. The largest absolute Gasteiger partial charge is 0.481 e. The van der Waals surface area contributed by atoms with Gasteiger partial charge in [-0.25, -0.2) is 4.98 Å². The maximum Gasteiger partial charge on any atom is 0.303 e. The average Bonchev–Trinajstić information content (AvgIpc) is 2.24. The van der Waals surface area contributed by atoms with Crippen molar-refractivity contribution in [3.8, 4) is 0 Å². The molecule has 0 aliphatic rings. The Kier molecular flexibility index (Phi) is 4.26. The third-order valence-electron chi connectivity index (χ3n) is 1.94. The molecule has 6 nitrogen and oxygen atoms in total. The number of hydrogen-bond donors (Lipinski definition) is 3. The van der Waals surface area contributed by atoms with E-state index in [2.05, 4.69) is 10.3 Å². The molecule has 0 unspecified atom stereocenters. The summed E-state index contributed by atoms with van der Waals surface area (Å²) in [7, 11) is 0. The summed E-state index contributed by atoms with van der Waals surface area (Å²) in [5.41, 5.74) is 5.81. The van der Waals surface area contributed by atoms with Gasteiger partial charge in [-0.3, -0.25) is 9.59 Å². The summed E-state index contributed by atoms with van der Waals surface area (Å²) in [6.07, 6.45) is 1.92. The zero-order valence-electron chi connectivity index (χ0n) is 8.64. The number of anilines is 1. The summed E-state index contributed by atoms with van der Waals surface area (Å²) >= 11 is 0. The number of pyridine rings is 1.